The topological polar surface area (TPSA) is 34.1 Å². The van der Waals surface area contributed by atoms with Gasteiger partial charge in [0.1, 0.15) is 0 Å². The molecular formula is C10H15O2P. The maximum absolute atomic E-state index is 11.3. The van der Waals surface area contributed by atoms with Crippen molar-refractivity contribution in [3.05, 3.63) is 0 Å². The minimum Gasteiger partial charge on any atom is -0.237 e. The van der Waals surface area contributed by atoms with Crippen molar-refractivity contribution in [1.29, 1.82) is 0 Å². The van der Waals surface area contributed by atoms with Crippen LogP contribution in [0.1, 0.15) is 38.5 Å². The molecule has 0 amide bonds. The van der Waals surface area contributed by atoms with E-state index in [1.54, 1.807) is 0 Å². The van der Waals surface area contributed by atoms with Gasteiger partial charge in [0, 0.05) is 0 Å². The van der Waals surface area contributed by atoms with E-state index < -0.39 is 7.68 Å². The largest absolute Gasteiger partial charge is 0.321 e. The highest BCUT2D eigenvalue weighted by Gasteiger charge is 2.54. The van der Waals surface area contributed by atoms with Crippen LogP contribution in [-0.4, -0.2) is 5.16 Å². The lowest BCUT2D eigenvalue weighted by Gasteiger charge is -2.53. The fourth-order valence-electron chi connectivity index (χ4n) is 4.29. The molecule has 0 saturated heterocycles. The van der Waals surface area contributed by atoms with Crippen LogP contribution < -0.4 is 0 Å². The van der Waals surface area contributed by atoms with E-state index in [0.29, 0.717) is 0 Å². The molecule has 0 spiro atoms. The summed E-state index contributed by atoms with van der Waals surface area (Å²) in [7, 11) is -2.17. The Morgan fingerprint density at radius 1 is 0.846 bits per heavy atom. The number of rotatable bonds is 1. The molecule has 4 aliphatic carbocycles. The van der Waals surface area contributed by atoms with E-state index in [1.165, 1.54) is 19.3 Å². The second-order valence-corrected chi connectivity index (χ2v) is 6.86. The van der Waals surface area contributed by atoms with E-state index in [9.17, 15) is 9.13 Å². The van der Waals surface area contributed by atoms with Gasteiger partial charge in [-0.3, -0.25) is 0 Å². The smallest absolute Gasteiger partial charge is 0.237 e. The minimum absolute atomic E-state index is 0.246. The molecule has 0 aromatic carbocycles. The third-order valence-electron chi connectivity index (χ3n) is 4.39. The van der Waals surface area contributed by atoms with Crippen LogP contribution in [0.2, 0.25) is 0 Å². The van der Waals surface area contributed by atoms with Gasteiger partial charge in [-0.1, -0.05) is 0 Å². The highest BCUT2D eigenvalue weighted by Crippen LogP contribution is 2.61. The molecule has 13 heavy (non-hydrogen) atoms. The van der Waals surface area contributed by atoms with Gasteiger partial charge in [0.25, 0.3) is 0 Å². The normalized spacial score (nSPS) is 52.5. The molecule has 0 aromatic heterocycles. The molecule has 0 aliphatic heterocycles. The molecule has 0 aromatic rings. The quantitative estimate of drug-likeness (QED) is 0.606. The van der Waals surface area contributed by atoms with Crippen LogP contribution in [0.5, 0.6) is 0 Å². The summed E-state index contributed by atoms with van der Waals surface area (Å²) in [6.07, 6.45) is 6.92. The summed E-state index contributed by atoms with van der Waals surface area (Å²) in [5, 5.41) is -0.246. The van der Waals surface area contributed by atoms with Crippen LogP contribution >= 0.6 is 7.68 Å². The Kier molecular flexibility index (Phi) is 1.57. The van der Waals surface area contributed by atoms with Crippen LogP contribution in [0.25, 0.3) is 0 Å². The zero-order valence-electron chi connectivity index (χ0n) is 7.74. The molecule has 4 fully saturated rings. The van der Waals surface area contributed by atoms with Crippen molar-refractivity contribution in [2.75, 3.05) is 0 Å². The Bertz CT molecular complexity index is 263. The van der Waals surface area contributed by atoms with Gasteiger partial charge in [-0.05, 0) is 56.3 Å². The molecule has 4 bridgehead atoms. The standard InChI is InChI=1S/C10H15O2P/c11-13(12)10-4-7-1-8(5-10)3-9(2-7)6-10/h7-9H,1-6H2. The maximum Gasteiger partial charge on any atom is 0.321 e. The lowest BCUT2D eigenvalue weighted by Crippen LogP contribution is -2.47. The van der Waals surface area contributed by atoms with Crippen molar-refractivity contribution in [3.8, 4) is 0 Å². The van der Waals surface area contributed by atoms with Crippen molar-refractivity contribution in [2.45, 2.75) is 43.7 Å². The van der Waals surface area contributed by atoms with E-state index >= 15 is 0 Å². The lowest BCUT2D eigenvalue weighted by molar-refractivity contribution is 0.0332. The summed E-state index contributed by atoms with van der Waals surface area (Å²) in [5.74, 6) is 2.25. The van der Waals surface area contributed by atoms with E-state index in [4.69, 9.17) is 0 Å². The zero-order valence-corrected chi connectivity index (χ0v) is 8.63. The predicted molar refractivity (Wildman–Crippen MR) is 49.2 cm³/mol. The Labute approximate surface area is 78.9 Å². The van der Waals surface area contributed by atoms with Crippen LogP contribution in [0.3, 0.4) is 0 Å². The summed E-state index contributed by atoms with van der Waals surface area (Å²) in [6, 6.07) is 0. The van der Waals surface area contributed by atoms with Gasteiger partial charge in [0.15, 0.2) is 0 Å². The predicted octanol–water partition coefficient (Wildman–Crippen LogP) is 3.13. The zero-order chi connectivity index (χ0) is 9.05. The van der Waals surface area contributed by atoms with Gasteiger partial charge < -0.3 is 0 Å². The Morgan fingerprint density at radius 2 is 1.23 bits per heavy atom. The second-order valence-electron chi connectivity index (χ2n) is 5.40. The lowest BCUT2D eigenvalue weighted by atomic mass is 9.56. The monoisotopic (exact) mass is 198 g/mol. The SMILES string of the molecule is O=P(=O)C12CC3CC(CC(C3)C1)C2. The van der Waals surface area contributed by atoms with Crippen LogP contribution in [0.15, 0.2) is 0 Å². The van der Waals surface area contributed by atoms with Crippen LogP contribution in [0.4, 0.5) is 0 Å². The van der Waals surface area contributed by atoms with E-state index in [-0.39, 0.29) is 5.16 Å². The first-order chi connectivity index (χ1) is 6.18. The molecule has 0 heterocycles. The third kappa shape index (κ3) is 1.08. The van der Waals surface area contributed by atoms with Crippen molar-refractivity contribution < 1.29 is 9.13 Å². The molecule has 2 nitrogen and oxygen atoms in total. The van der Waals surface area contributed by atoms with Gasteiger partial charge in [-0.15, -0.1) is 0 Å². The molecule has 0 radical (unpaired) electrons. The minimum atomic E-state index is -2.17. The van der Waals surface area contributed by atoms with Crippen LogP contribution in [-0.2, 0) is 9.13 Å². The first-order valence-corrected chi connectivity index (χ1v) is 6.50. The molecular weight excluding hydrogens is 183 g/mol. The van der Waals surface area contributed by atoms with Crippen molar-refractivity contribution >= 4 is 7.68 Å². The molecule has 72 valence electrons. The van der Waals surface area contributed by atoms with Gasteiger partial charge >= 0.3 is 7.68 Å². The van der Waals surface area contributed by atoms with E-state index in [2.05, 4.69) is 0 Å². The van der Waals surface area contributed by atoms with Gasteiger partial charge in [0.05, 0.1) is 5.16 Å². The average molecular weight is 198 g/mol. The summed E-state index contributed by atoms with van der Waals surface area (Å²) in [5.41, 5.74) is 0. The summed E-state index contributed by atoms with van der Waals surface area (Å²) >= 11 is 0. The Balaban J connectivity index is 2.00. The number of hydrogen-bond donors (Lipinski definition) is 0. The van der Waals surface area contributed by atoms with E-state index in [0.717, 1.165) is 37.0 Å². The van der Waals surface area contributed by atoms with Gasteiger partial charge in [-0.25, -0.2) is 9.13 Å². The summed E-state index contributed by atoms with van der Waals surface area (Å²) < 4.78 is 22.6. The molecule has 0 atom stereocenters. The highest BCUT2D eigenvalue weighted by atomic mass is 31.1. The van der Waals surface area contributed by atoms with Gasteiger partial charge in [0.2, 0.25) is 0 Å². The maximum atomic E-state index is 11.3. The van der Waals surface area contributed by atoms with Gasteiger partial charge in [-0.2, -0.15) is 0 Å². The van der Waals surface area contributed by atoms with Crippen molar-refractivity contribution in [1.82, 2.24) is 0 Å². The third-order valence-corrected chi connectivity index (χ3v) is 5.72. The second kappa shape index (κ2) is 2.48. The first-order valence-electron chi connectivity index (χ1n) is 5.32. The molecule has 4 saturated carbocycles. The van der Waals surface area contributed by atoms with E-state index in [1.807, 2.05) is 0 Å². The van der Waals surface area contributed by atoms with Crippen molar-refractivity contribution in [2.24, 2.45) is 17.8 Å². The molecule has 4 aliphatic rings. The summed E-state index contributed by atoms with van der Waals surface area (Å²) in [4.78, 5) is 0. The first kappa shape index (κ1) is 8.23. The Morgan fingerprint density at radius 3 is 1.54 bits per heavy atom. The Hall–Kier alpha value is -0.100. The molecule has 3 heteroatoms. The summed E-state index contributed by atoms with van der Waals surface area (Å²) in [6.45, 7) is 0. The number of hydrogen-bond acceptors (Lipinski definition) is 2. The molecule has 0 N–H and O–H groups in total. The fourth-order valence-corrected chi connectivity index (χ4v) is 5.51. The molecule has 0 unspecified atom stereocenters. The average Bonchev–Trinajstić information content (AvgIpc) is 2.00. The highest BCUT2D eigenvalue weighted by molar-refractivity contribution is 7.33. The fraction of sp³-hybridized carbons (Fsp3) is 1.00. The van der Waals surface area contributed by atoms with Crippen LogP contribution in [0, 0.1) is 17.8 Å². The molecule has 4 rings (SSSR count). The van der Waals surface area contributed by atoms with Crippen molar-refractivity contribution in [3.63, 3.8) is 0 Å².